The fourth-order valence-corrected chi connectivity index (χ4v) is 2.76. The first-order valence-electron chi connectivity index (χ1n) is 7.75. The molecule has 2 aromatic heterocycles. The normalized spacial score (nSPS) is 16.4. The van der Waals surface area contributed by atoms with Crippen LogP contribution in [0.25, 0.3) is 0 Å². The minimum atomic E-state index is 0.542. The van der Waals surface area contributed by atoms with Crippen LogP contribution in [0.1, 0.15) is 44.3 Å². The highest BCUT2D eigenvalue weighted by atomic mass is 16.3. The molecular weight excluding hydrogens is 264 g/mol. The van der Waals surface area contributed by atoms with Gasteiger partial charge in [0.1, 0.15) is 23.7 Å². The number of furan rings is 1. The van der Waals surface area contributed by atoms with Crippen molar-refractivity contribution in [2.24, 2.45) is 0 Å². The minimum Gasteiger partial charge on any atom is -0.467 e. The van der Waals surface area contributed by atoms with Crippen molar-refractivity contribution in [2.45, 2.75) is 51.1 Å². The molecule has 0 bridgehead atoms. The fraction of sp³-hybridized carbons (Fsp3) is 0.500. The van der Waals surface area contributed by atoms with Gasteiger partial charge in [0.05, 0.1) is 12.8 Å². The Labute approximate surface area is 125 Å². The summed E-state index contributed by atoms with van der Waals surface area (Å²) < 4.78 is 5.30. The predicted molar refractivity (Wildman–Crippen MR) is 83.2 cm³/mol. The molecule has 2 heterocycles. The third-order valence-corrected chi connectivity index (χ3v) is 3.90. The smallest absolute Gasteiger partial charge is 0.131 e. The Morgan fingerprint density at radius 1 is 1.10 bits per heavy atom. The van der Waals surface area contributed by atoms with Gasteiger partial charge in [0.15, 0.2) is 0 Å². The van der Waals surface area contributed by atoms with Gasteiger partial charge >= 0.3 is 0 Å². The second-order valence-electron chi connectivity index (χ2n) is 5.55. The van der Waals surface area contributed by atoms with E-state index in [9.17, 15) is 0 Å². The van der Waals surface area contributed by atoms with Gasteiger partial charge in [-0.1, -0.05) is 25.7 Å². The number of aromatic nitrogens is 2. The highest BCUT2D eigenvalue weighted by molar-refractivity contribution is 5.47. The first-order chi connectivity index (χ1) is 10.4. The van der Waals surface area contributed by atoms with Crippen LogP contribution in [0.2, 0.25) is 0 Å². The number of hydrogen-bond acceptors (Lipinski definition) is 5. The molecule has 5 nitrogen and oxygen atoms in total. The van der Waals surface area contributed by atoms with Gasteiger partial charge in [0.2, 0.25) is 0 Å². The lowest BCUT2D eigenvalue weighted by molar-refractivity contribution is 0.518. The molecule has 0 unspecified atom stereocenters. The first-order valence-corrected chi connectivity index (χ1v) is 7.75. The zero-order valence-electron chi connectivity index (χ0n) is 12.2. The highest BCUT2D eigenvalue weighted by Gasteiger charge is 2.12. The summed E-state index contributed by atoms with van der Waals surface area (Å²) in [7, 11) is 0. The van der Waals surface area contributed by atoms with Gasteiger partial charge in [-0.15, -0.1) is 0 Å². The van der Waals surface area contributed by atoms with Crippen molar-refractivity contribution in [3.63, 3.8) is 0 Å². The van der Waals surface area contributed by atoms with E-state index in [1.165, 1.54) is 38.5 Å². The van der Waals surface area contributed by atoms with Crippen LogP contribution in [0.15, 0.2) is 35.2 Å². The molecule has 1 saturated carbocycles. The lowest BCUT2D eigenvalue weighted by Crippen LogP contribution is -2.19. The summed E-state index contributed by atoms with van der Waals surface area (Å²) in [4.78, 5) is 8.57. The SMILES string of the molecule is c1coc(CNc2cc(NC3CCCCCC3)ncn2)c1. The van der Waals surface area contributed by atoms with Crippen molar-refractivity contribution in [1.82, 2.24) is 9.97 Å². The van der Waals surface area contributed by atoms with Gasteiger partial charge < -0.3 is 15.1 Å². The van der Waals surface area contributed by atoms with Crippen molar-refractivity contribution in [1.29, 1.82) is 0 Å². The van der Waals surface area contributed by atoms with E-state index < -0.39 is 0 Å². The largest absolute Gasteiger partial charge is 0.467 e. The predicted octanol–water partition coefficient (Wildman–Crippen LogP) is 3.82. The van der Waals surface area contributed by atoms with Crippen LogP contribution in [-0.4, -0.2) is 16.0 Å². The third kappa shape index (κ3) is 4.21. The van der Waals surface area contributed by atoms with E-state index in [2.05, 4.69) is 20.6 Å². The average molecular weight is 286 g/mol. The zero-order valence-corrected chi connectivity index (χ0v) is 12.2. The summed E-state index contributed by atoms with van der Waals surface area (Å²) in [6.45, 7) is 0.632. The Hall–Kier alpha value is -2.04. The number of rotatable bonds is 5. The van der Waals surface area contributed by atoms with Crippen LogP contribution in [0.4, 0.5) is 11.6 Å². The number of nitrogens with zero attached hydrogens (tertiary/aromatic N) is 2. The number of anilines is 2. The Morgan fingerprint density at radius 3 is 2.67 bits per heavy atom. The molecule has 5 heteroatoms. The molecular formula is C16H22N4O. The molecule has 1 aliphatic carbocycles. The standard InChI is InChI=1S/C16H22N4O/c1-2-4-7-13(6-3-1)20-16-10-15(18-12-19-16)17-11-14-8-5-9-21-14/h5,8-10,12-13H,1-4,6-7,11H2,(H2,17,18,19,20). The molecule has 0 spiro atoms. The topological polar surface area (TPSA) is 63.0 Å². The molecule has 21 heavy (non-hydrogen) atoms. The maximum absolute atomic E-state index is 5.30. The third-order valence-electron chi connectivity index (χ3n) is 3.90. The maximum atomic E-state index is 5.30. The molecule has 112 valence electrons. The van der Waals surface area contributed by atoms with E-state index in [1.807, 2.05) is 18.2 Å². The molecule has 0 aromatic carbocycles. The molecule has 3 rings (SSSR count). The van der Waals surface area contributed by atoms with Crippen LogP contribution in [0, 0.1) is 0 Å². The molecule has 2 aromatic rings. The number of hydrogen-bond donors (Lipinski definition) is 2. The summed E-state index contributed by atoms with van der Waals surface area (Å²) in [5, 5.41) is 6.79. The summed E-state index contributed by atoms with van der Waals surface area (Å²) in [6.07, 6.45) is 11.1. The van der Waals surface area contributed by atoms with Crippen LogP contribution < -0.4 is 10.6 Å². The molecule has 2 N–H and O–H groups in total. The Balaban J connectivity index is 1.57. The van der Waals surface area contributed by atoms with Gasteiger partial charge in [-0.3, -0.25) is 0 Å². The van der Waals surface area contributed by atoms with Gasteiger partial charge in [0, 0.05) is 12.1 Å². The summed E-state index contributed by atoms with van der Waals surface area (Å²) in [6, 6.07) is 6.34. The minimum absolute atomic E-state index is 0.542. The first kappa shape index (κ1) is 13.9. The second-order valence-corrected chi connectivity index (χ2v) is 5.55. The molecule has 0 radical (unpaired) electrons. The van der Waals surface area contributed by atoms with Gasteiger partial charge in [-0.2, -0.15) is 0 Å². The second kappa shape index (κ2) is 7.11. The van der Waals surface area contributed by atoms with Crippen LogP contribution in [0.5, 0.6) is 0 Å². The van der Waals surface area contributed by atoms with E-state index in [0.29, 0.717) is 12.6 Å². The quantitative estimate of drug-likeness (QED) is 0.818. The fourth-order valence-electron chi connectivity index (χ4n) is 2.76. The molecule has 0 atom stereocenters. The van der Waals surface area contributed by atoms with Crippen molar-refractivity contribution in [2.75, 3.05) is 10.6 Å². The zero-order chi connectivity index (χ0) is 14.3. The molecule has 0 aliphatic heterocycles. The van der Waals surface area contributed by atoms with Crippen molar-refractivity contribution in [3.8, 4) is 0 Å². The van der Waals surface area contributed by atoms with E-state index >= 15 is 0 Å². The van der Waals surface area contributed by atoms with E-state index in [1.54, 1.807) is 12.6 Å². The molecule has 1 fully saturated rings. The monoisotopic (exact) mass is 286 g/mol. The van der Waals surface area contributed by atoms with Gasteiger partial charge in [-0.05, 0) is 25.0 Å². The van der Waals surface area contributed by atoms with Crippen LogP contribution in [-0.2, 0) is 6.54 Å². The van der Waals surface area contributed by atoms with Crippen molar-refractivity contribution >= 4 is 11.6 Å². The maximum Gasteiger partial charge on any atom is 0.131 e. The molecule has 0 amide bonds. The van der Waals surface area contributed by atoms with Crippen molar-refractivity contribution in [3.05, 3.63) is 36.5 Å². The van der Waals surface area contributed by atoms with Crippen LogP contribution >= 0.6 is 0 Å². The summed E-state index contributed by atoms with van der Waals surface area (Å²) in [5.41, 5.74) is 0. The van der Waals surface area contributed by atoms with Crippen molar-refractivity contribution < 1.29 is 4.42 Å². The Morgan fingerprint density at radius 2 is 1.90 bits per heavy atom. The van der Waals surface area contributed by atoms with Gasteiger partial charge in [-0.25, -0.2) is 9.97 Å². The van der Waals surface area contributed by atoms with Crippen LogP contribution in [0.3, 0.4) is 0 Å². The van der Waals surface area contributed by atoms with E-state index in [-0.39, 0.29) is 0 Å². The average Bonchev–Trinajstić information content (AvgIpc) is 2.90. The summed E-state index contributed by atoms with van der Waals surface area (Å²) in [5.74, 6) is 2.61. The van der Waals surface area contributed by atoms with Gasteiger partial charge in [0.25, 0.3) is 0 Å². The Bertz CT molecular complexity index is 533. The Kier molecular flexibility index (Phi) is 4.71. The molecule has 1 aliphatic rings. The number of nitrogens with one attached hydrogen (secondary N) is 2. The van der Waals surface area contributed by atoms with E-state index in [0.717, 1.165) is 17.4 Å². The highest BCUT2D eigenvalue weighted by Crippen LogP contribution is 2.21. The summed E-state index contributed by atoms with van der Waals surface area (Å²) >= 11 is 0. The lowest BCUT2D eigenvalue weighted by atomic mass is 10.1. The van der Waals surface area contributed by atoms with E-state index in [4.69, 9.17) is 4.42 Å². The molecule has 0 saturated heterocycles. The lowest BCUT2D eigenvalue weighted by Gasteiger charge is -2.17.